The number of carboxylic acid groups (broad SMARTS) is 1. The fraction of sp³-hybridized carbons (Fsp3) is 0.579. The molecule has 1 fully saturated rings. The van der Waals surface area contributed by atoms with Crippen molar-refractivity contribution in [3.8, 4) is 11.5 Å². The summed E-state index contributed by atoms with van der Waals surface area (Å²) >= 11 is 0. The minimum Gasteiger partial charge on any atom is -0.484 e. The summed E-state index contributed by atoms with van der Waals surface area (Å²) in [5.41, 5.74) is -0.760. The number of carbonyl (C=O) groups excluding carboxylic acids is 1. The molecule has 0 bridgehead atoms. The molecule has 1 aliphatic rings. The molecule has 0 aromatic heterocycles. The Hall–Kier alpha value is -2.70. The highest BCUT2D eigenvalue weighted by molar-refractivity contribution is 5.97. The van der Waals surface area contributed by atoms with Gasteiger partial charge in [-0.05, 0) is 37.6 Å². The second kappa shape index (κ2) is 12.4. The number of nitrogens with one attached hydrogen (secondary N) is 2. The Morgan fingerprint density at radius 1 is 1.19 bits per heavy atom. The number of hydrogen-bond acceptors (Lipinski definition) is 5. The van der Waals surface area contributed by atoms with Crippen LogP contribution in [0.4, 0.5) is 26.3 Å². The number of halogens is 6. The highest BCUT2D eigenvalue weighted by Gasteiger charge is 2.30. The molecule has 2 rings (SSSR count). The number of aliphatic carboxylic acids is 1. The molecule has 3 N–H and O–H groups in total. The second-order valence-corrected chi connectivity index (χ2v) is 6.38. The van der Waals surface area contributed by atoms with Crippen LogP contribution in [0.5, 0.6) is 11.5 Å². The van der Waals surface area contributed by atoms with Gasteiger partial charge in [0.2, 0.25) is 0 Å². The first-order valence-corrected chi connectivity index (χ1v) is 9.10. The lowest BCUT2D eigenvalue weighted by molar-refractivity contribution is -0.154. The van der Waals surface area contributed by atoms with Gasteiger partial charge in [0.15, 0.2) is 13.2 Å². The van der Waals surface area contributed by atoms with E-state index in [1.807, 2.05) is 5.32 Å². The average Bonchev–Trinajstić information content (AvgIpc) is 2.71. The number of amides is 1. The summed E-state index contributed by atoms with van der Waals surface area (Å²) in [6, 6.07) is 1.15. The summed E-state index contributed by atoms with van der Waals surface area (Å²) in [7, 11) is 0. The molecular weight excluding hydrogens is 450 g/mol. The standard InChI is InChI=1S/C17H20F6N2O3.C2H4O2/c18-16(19,20)9-27-12-4-5-14(28-10-17(21,22)23)13(7-12)15(26)25-8-11-3-1-2-6-24-11;1-2(3)4/h4-5,7,11,24H,1-3,6,8-10H2,(H,25,26);1H3,(H,3,4)/i8D2,9D2;. The van der Waals surface area contributed by atoms with Gasteiger partial charge in [-0.3, -0.25) is 9.59 Å². The first-order chi connectivity index (χ1) is 16.2. The number of alkyl halides is 6. The van der Waals surface area contributed by atoms with E-state index in [9.17, 15) is 31.1 Å². The van der Waals surface area contributed by atoms with Crippen molar-refractivity contribution in [3.63, 3.8) is 0 Å². The molecule has 182 valence electrons. The lowest BCUT2D eigenvalue weighted by Gasteiger charge is -2.24. The highest BCUT2D eigenvalue weighted by Crippen LogP contribution is 2.28. The average molecular weight is 478 g/mol. The van der Waals surface area contributed by atoms with Gasteiger partial charge < -0.3 is 25.2 Å². The summed E-state index contributed by atoms with van der Waals surface area (Å²) in [5.74, 6) is -3.64. The maximum atomic E-state index is 12.8. The van der Waals surface area contributed by atoms with Crippen molar-refractivity contribution in [1.29, 1.82) is 0 Å². The third-order valence-electron chi connectivity index (χ3n) is 3.54. The van der Waals surface area contributed by atoms with Crippen LogP contribution in [0.1, 0.15) is 42.0 Å². The highest BCUT2D eigenvalue weighted by atomic mass is 19.4. The SMILES string of the molecule is CC(=O)O.[2H]C([2H])(NC(=O)c1cc(OC([2H])([2H])C(F)(F)F)ccc1OCC(F)(F)F)C1CCCCN1. The summed E-state index contributed by atoms with van der Waals surface area (Å²) in [6.07, 6.45) is -8.42. The third-order valence-corrected chi connectivity index (χ3v) is 3.54. The van der Waals surface area contributed by atoms with E-state index < -0.39 is 67.0 Å². The van der Waals surface area contributed by atoms with E-state index in [0.717, 1.165) is 13.3 Å². The van der Waals surface area contributed by atoms with Crippen molar-refractivity contribution in [2.45, 2.75) is 44.6 Å². The number of carboxylic acids is 1. The number of carbonyl (C=O) groups is 2. The molecule has 1 amide bonds. The molecule has 0 saturated carbocycles. The minimum absolute atomic E-state index is 0.361. The third kappa shape index (κ3) is 12.2. The van der Waals surface area contributed by atoms with E-state index in [4.69, 9.17) is 15.4 Å². The van der Waals surface area contributed by atoms with Crippen molar-refractivity contribution in [1.82, 2.24) is 10.6 Å². The van der Waals surface area contributed by atoms with Gasteiger partial charge >= 0.3 is 12.4 Å². The predicted molar refractivity (Wildman–Crippen MR) is 101 cm³/mol. The number of ether oxygens (including phenoxy) is 2. The first kappa shape index (κ1) is 21.2. The maximum Gasteiger partial charge on any atom is 0.422 e. The van der Waals surface area contributed by atoms with Crippen LogP contribution in [-0.2, 0) is 4.79 Å². The Labute approximate surface area is 185 Å². The van der Waals surface area contributed by atoms with Crippen molar-refractivity contribution < 1.29 is 56.0 Å². The van der Waals surface area contributed by atoms with Crippen LogP contribution in [0.3, 0.4) is 0 Å². The maximum absolute atomic E-state index is 12.8. The quantitative estimate of drug-likeness (QED) is 0.519. The van der Waals surface area contributed by atoms with Crippen LogP contribution >= 0.6 is 0 Å². The van der Waals surface area contributed by atoms with Gasteiger partial charge in [0.1, 0.15) is 11.5 Å². The van der Waals surface area contributed by atoms with Crippen molar-refractivity contribution in [2.24, 2.45) is 0 Å². The zero-order chi connectivity index (χ0) is 27.9. The fourth-order valence-corrected chi connectivity index (χ4v) is 2.35. The van der Waals surface area contributed by atoms with Gasteiger partial charge in [0.25, 0.3) is 11.9 Å². The van der Waals surface area contributed by atoms with E-state index in [0.29, 0.717) is 37.6 Å². The summed E-state index contributed by atoms with van der Waals surface area (Å²) in [6.45, 7) is -6.77. The Bertz CT molecular complexity index is 905. The summed E-state index contributed by atoms with van der Waals surface area (Å²) in [5, 5.41) is 12.3. The topological polar surface area (TPSA) is 96.9 Å². The first-order valence-electron chi connectivity index (χ1n) is 11.1. The zero-order valence-corrected chi connectivity index (χ0v) is 16.7. The Balaban J connectivity index is 0.00000150. The predicted octanol–water partition coefficient (Wildman–Crippen LogP) is 3.53. The molecule has 13 heteroatoms. The number of rotatable bonds is 7. The van der Waals surface area contributed by atoms with Gasteiger partial charge in [-0.1, -0.05) is 6.42 Å². The molecule has 7 nitrogen and oxygen atoms in total. The van der Waals surface area contributed by atoms with E-state index in [2.05, 4.69) is 14.8 Å². The Kier molecular flexibility index (Phi) is 8.18. The van der Waals surface area contributed by atoms with Crippen LogP contribution in [0, 0.1) is 0 Å². The van der Waals surface area contributed by atoms with Crippen LogP contribution < -0.4 is 20.1 Å². The lowest BCUT2D eigenvalue weighted by Crippen LogP contribution is -2.43. The molecule has 1 aliphatic heterocycles. The Morgan fingerprint density at radius 3 is 2.38 bits per heavy atom. The smallest absolute Gasteiger partial charge is 0.422 e. The van der Waals surface area contributed by atoms with Crippen molar-refractivity contribution >= 4 is 11.9 Å². The van der Waals surface area contributed by atoms with Crippen LogP contribution in [0.2, 0.25) is 0 Å². The number of benzene rings is 1. The Morgan fingerprint density at radius 2 is 1.84 bits per heavy atom. The zero-order valence-electron chi connectivity index (χ0n) is 20.7. The lowest BCUT2D eigenvalue weighted by atomic mass is 10.0. The van der Waals surface area contributed by atoms with Crippen molar-refractivity contribution in [2.75, 3.05) is 26.2 Å². The second-order valence-electron chi connectivity index (χ2n) is 6.38. The van der Waals surface area contributed by atoms with Gasteiger partial charge in [0.05, 0.1) is 11.0 Å². The largest absolute Gasteiger partial charge is 0.484 e. The van der Waals surface area contributed by atoms with Crippen LogP contribution in [0.25, 0.3) is 0 Å². The molecule has 1 atom stereocenters. The summed E-state index contributed by atoms with van der Waals surface area (Å²) in [4.78, 5) is 21.7. The van der Waals surface area contributed by atoms with Crippen LogP contribution in [0.15, 0.2) is 18.2 Å². The molecule has 0 radical (unpaired) electrons. The monoisotopic (exact) mass is 478 g/mol. The van der Waals surface area contributed by atoms with E-state index in [1.54, 1.807) is 0 Å². The van der Waals surface area contributed by atoms with E-state index >= 15 is 0 Å². The minimum atomic E-state index is -5.44. The number of piperidine rings is 1. The molecule has 0 aliphatic carbocycles. The molecular formula is C19H24F6N2O5. The molecule has 1 heterocycles. The van der Waals surface area contributed by atoms with Gasteiger partial charge in [-0.2, -0.15) is 26.3 Å². The molecule has 1 unspecified atom stereocenters. The molecule has 32 heavy (non-hydrogen) atoms. The summed E-state index contributed by atoms with van der Waals surface area (Å²) < 4.78 is 115. The molecule has 1 aromatic rings. The molecule has 1 aromatic carbocycles. The van der Waals surface area contributed by atoms with E-state index in [-0.39, 0.29) is 0 Å². The molecule has 1 saturated heterocycles. The fourth-order valence-electron chi connectivity index (χ4n) is 2.35. The molecule has 0 spiro atoms. The van der Waals surface area contributed by atoms with Crippen molar-refractivity contribution in [3.05, 3.63) is 23.8 Å². The van der Waals surface area contributed by atoms with Gasteiger partial charge in [-0.25, -0.2) is 0 Å². The van der Waals surface area contributed by atoms with Gasteiger partial charge in [-0.15, -0.1) is 0 Å². The van der Waals surface area contributed by atoms with E-state index in [1.165, 1.54) is 0 Å². The van der Waals surface area contributed by atoms with Crippen LogP contribution in [-0.4, -0.2) is 61.6 Å². The normalized spacial score (nSPS) is 19.2. The van der Waals surface area contributed by atoms with Gasteiger partial charge in [0, 0.05) is 19.5 Å². The number of hydrogen-bond donors (Lipinski definition) is 3.